The molecule has 2 aromatic carbocycles. The molecule has 2 aromatic rings. The molecule has 2 saturated heterocycles. The van der Waals surface area contributed by atoms with Gasteiger partial charge in [-0.2, -0.15) is 0 Å². The van der Waals surface area contributed by atoms with E-state index in [9.17, 15) is 14.4 Å². The second kappa shape index (κ2) is 11.6. The highest BCUT2D eigenvalue weighted by Crippen LogP contribution is 2.34. The fourth-order valence-corrected chi connectivity index (χ4v) is 3.66. The Hall–Kier alpha value is -3.27. The number of ether oxygens (including phenoxy) is 3. The van der Waals surface area contributed by atoms with E-state index >= 15 is 0 Å². The minimum absolute atomic E-state index is 0.111. The molecule has 0 aromatic heterocycles. The molecule has 33 heavy (non-hydrogen) atoms. The highest BCUT2D eigenvalue weighted by molar-refractivity contribution is 5.85. The summed E-state index contributed by atoms with van der Waals surface area (Å²) in [5.74, 6) is -1.41. The van der Waals surface area contributed by atoms with E-state index in [-0.39, 0.29) is 25.4 Å². The number of nitrogens with one attached hydrogen (secondary N) is 1. The fraction of sp³-hybridized carbons (Fsp3) is 0.375. The van der Waals surface area contributed by atoms with E-state index in [1.807, 2.05) is 30.3 Å². The van der Waals surface area contributed by atoms with Crippen LogP contribution in [0.1, 0.15) is 22.3 Å². The third-order valence-corrected chi connectivity index (χ3v) is 5.30. The van der Waals surface area contributed by atoms with Crippen LogP contribution in [0.25, 0.3) is 0 Å². The number of rotatable bonds is 7. The molecule has 9 heteroatoms. The van der Waals surface area contributed by atoms with Gasteiger partial charge >= 0.3 is 5.97 Å². The Morgan fingerprint density at radius 1 is 1.15 bits per heavy atom. The van der Waals surface area contributed by atoms with Gasteiger partial charge in [0.2, 0.25) is 5.91 Å². The van der Waals surface area contributed by atoms with Gasteiger partial charge in [-0.3, -0.25) is 9.59 Å². The highest BCUT2D eigenvalue weighted by atomic mass is 16.7. The van der Waals surface area contributed by atoms with Crippen LogP contribution in [0.4, 0.5) is 0 Å². The molecule has 0 aliphatic carbocycles. The predicted octanol–water partition coefficient (Wildman–Crippen LogP) is 1.71. The van der Waals surface area contributed by atoms with E-state index in [2.05, 4.69) is 5.32 Å². The number of nitrogens with zero attached hydrogens (tertiary/aromatic N) is 1. The zero-order valence-electron chi connectivity index (χ0n) is 18.4. The van der Waals surface area contributed by atoms with Gasteiger partial charge < -0.3 is 29.5 Å². The number of carboxylic acids is 1. The number of likely N-dealkylation sites (tertiary alicyclic amines) is 1. The number of carbonyl (C=O) groups is 3. The summed E-state index contributed by atoms with van der Waals surface area (Å²) in [6, 6.07) is 16.2. The minimum atomic E-state index is -1.02. The lowest BCUT2D eigenvalue weighted by Crippen LogP contribution is -2.44. The molecule has 2 aliphatic rings. The quantitative estimate of drug-likeness (QED) is 0.606. The number of likely N-dealkylation sites (N-methyl/N-ethyl adjacent to an activating group) is 1. The molecular weight excluding hydrogens is 428 g/mol. The number of benzene rings is 2. The molecule has 2 heterocycles. The molecule has 0 radical (unpaired) electrons. The van der Waals surface area contributed by atoms with Crippen LogP contribution in [0.2, 0.25) is 0 Å². The second-order valence-electron chi connectivity index (χ2n) is 7.68. The molecule has 2 N–H and O–H groups in total. The van der Waals surface area contributed by atoms with E-state index in [4.69, 9.17) is 19.3 Å². The van der Waals surface area contributed by atoms with E-state index in [0.717, 1.165) is 17.6 Å². The van der Waals surface area contributed by atoms with Gasteiger partial charge in [-0.05, 0) is 36.9 Å². The first kappa shape index (κ1) is 24.4. The van der Waals surface area contributed by atoms with Crippen LogP contribution in [0.3, 0.4) is 0 Å². The summed E-state index contributed by atoms with van der Waals surface area (Å²) in [5.41, 5.74) is 1.79. The van der Waals surface area contributed by atoms with Crippen LogP contribution in [0.15, 0.2) is 54.6 Å². The molecule has 2 aliphatic heterocycles. The second-order valence-corrected chi connectivity index (χ2v) is 7.68. The number of aldehydes is 1. The van der Waals surface area contributed by atoms with Crippen molar-refractivity contribution < 1.29 is 33.7 Å². The maximum atomic E-state index is 11.8. The molecule has 176 valence electrons. The van der Waals surface area contributed by atoms with Gasteiger partial charge in [0.15, 0.2) is 5.79 Å². The number of carboxylic acid groups (broad SMARTS) is 1. The number of aliphatic carboxylic acids is 1. The molecule has 0 saturated carbocycles. The maximum Gasteiger partial charge on any atom is 0.326 e. The summed E-state index contributed by atoms with van der Waals surface area (Å²) in [5, 5.41) is 11.8. The van der Waals surface area contributed by atoms with Crippen molar-refractivity contribution in [2.75, 3.05) is 33.4 Å². The topological polar surface area (TPSA) is 114 Å². The van der Waals surface area contributed by atoms with E-state index in [1.165, 1.54) is 4.90 Å². The number of amides is 1. The first-order valence-electron chi connectivity index (χ1n) is 10.6. The normalized spacial score (nSPS) is 18.5. The van der Waals surface area contributed by atoms with Crippen LogP contribution >= 0.6 is 0 Å². The molecular formula is C24H28N2O7. The number of hydrogen-bond acceptors (Lipinski definition) is 7. The lowest BCUT2D eigenvalue weighted by molar-refractivity contribution is -0.152. The van der Waals surface area contributed by atoms with Crippen LogP contribution in [0, 0.1) is 0 Å². The van der Waals surface area contributed by atoms with E-state index in [1.54, 1.807) is 31.3 Å². The van der Waals surface area contributed by atoms with Crippen molar-refractivity contribution >= 4 is 18.2 Å². The Bertz CT molecular complexity index is 928. The summed E-state index contributed by atoms with van der Waals surface area (Å²) < 4.78 is 16.5. The van der Waals surface area contributed by atoms with E-state index < -0.39 is 17.8 Å². The van der Waals surface area contributed by atoms with Crippen LogP contribution < -0.4 is 10.1 Å². The minimum Gasteiger partial charge on any atom is -0.489 e. The smallest absolute Gasteiger partial charge is 0.326 e. The first-order chi connectivity index (χ1) is 16.0. The standard InChI is InChI=1S/C14H12O2.C10H16N2O5/c15-10-12-6-8-14(9-7-12)16-11-13-4-2-1-3-5-13;1-11-5-8(13)12-6-10(16-2-3-17-10)4-7(12)9(14)15/h1-10H,11H2;7,11H,2-6H2,1H3,(H,14,15). The van der Waals surface area contributed by atoms with E-state index in [0.29, 0.717) is 25.4 Å². The summed E-state index contributed by atoms with van der Waals surface area (Å²) in [6.07, 6.45) is 1.01. The van der Waals surface area contributed by atoms with Gasteiger partial charge in [-0.1, -0.05) is 30.3 Å². The van der Waals surface area contributed by atoms with Gasteiger partial charge in [0.25, 0.3) is 0 Å². The van der Waals surface area contributed by atoms with Gasteiger partial charge in [0.05, 0.1) is 26.3 Å². The van der Waals surface area contributed by atoms with Gasteiger partial charge in [-0.25, -0.2) is 4.79 Å². The fourth-order valence-electron chi connectivity index (χ4n) is 3.66. The summed E-state index contributed by atoms with van der Waals surface area (Å²) in [7, 11) is 1.64. The van der Waals surface area contributed by atoms with Gasteiger partial charge in [0.1, 0.15) is 24.7 Å². The monoisotopic (exact) mass is 456 g/mol. The van der Waals surface area contributed by atoms with Crippen molar-refractivity contribution in [3.05, 3.63) is 65.7 Å². The van der Waals surface area contributed by atoms with Crippen molar-refractivity contribution in [1.82, 2.24) is 10.2 Å². The predicted molar refractivity (Wildman–Crippen MR) is 119 cm³/mol. The number of carbonyl (C=O) groups excluding carboxylic acids is 2. The molecule has 2 fully saturated rings. The third kappa shape index (κ3) is 6.61. The summed E-state index contributed by atoms with van der Waals surface area (Å²) in [6.45, 7) is 1.73. The molecule has 1 atom stereocenters. The molecule has 9 nitrogen and oxygen atoms in total. The van der Waals surface area contributed by atoms with Crippen LogP contribution in [-0.2, 0) is 25.7 Å². The Morgan fingerprint density at radius 3 is 2.39 bits per heavy atom. The molecule has 1 amide bonds. The largest absolute Gasteiger partial charge is 0.489 e. The maximum absolute atomic E-state index is 11.8. The zero-order chi connectivity index (χ0) is 23.7. The molecule has 4 rings (SSSR count). The Morgan fingerprint density at radius 2 is 1.82 bits per heavy atom. The molecule has 0 bridgehead atoms. The van der Waals surface area contributed by atoms with Crippen LogP contribution in [-0.4, -0.2) is 73.3 Å². The summed E-state index contributed by atoms with van der Waals surface area (Å²) in [4.78, 5) is 34.7. The van der Waals surface area contributed by atoms with Crippen molar-refractivity contribution in [3.63, 3.8) is 0 Å². The van der Waals surface area contributed by atoms with Crippen molar-refractivity contribution in [2.24, 2.45) is 0 Å². The van der Waals surface area contributed by atoms with Gasteiger partial charge in [0, 0.05) is 12.0 Å². The van der Waals surface area contributed by atoms with Crippen molar-refractivity contribution in [1.29, 1.82) is 0 Å². The lowest BCUT2D eigenvalue weighted by Gasteiger charge is -2.22. The van der Waals surface area contributed by atoms with Crippen molar-refractivity contribution in [2.45, 2.75) is 24.9 Å². The Balaban J connectivity index is 0.000000186. The zero-order valence-corrected chi connectivity index (χ0v) is 18.4. The average Bonchev–Trinajstić information content (AvgIpc) is 3.46. The Kier molecular flexibility index (Phi) is 8.53. The third-order valence-electron chi connectivity index (χ3n) is 5.30. The van der Waals surface area contributed by atoms with Gasteiger partial charge in [-0.15, -0.1) is 0 Å². The lowest BCUT2D eigenvalue weighted by atomic mass is 10.1. The molecule has 1 spiro atoms. The molecule has 1 unspecified atom stereocenters. The summed E-state index contributed by atoms with van der Waals surface area (Å²) >= 11 is 0. The van der Waals surface area contributed by atoms with Crippen LogP contribution in [0.5, 0.6) is 5.75 Å². The highest BCUT2D eigenvalue weighted by Gasteiger charge is 2.52. The first-order valence-corrected chi connectivity index (χ1v) is 10.6. The average molecular weight is 456 g/mol. The Labute approximate surface area is 192 Å². The van der Waals surface area contributed by atoms with Crippen molar-refractivity contribution in [3.8, 4) is 5.75 Å². The number of hydrogen-bond donors (Lipinski definition) is 2. The SMILES string of the molecule is CNCC(=O)N1CC2(CC1C(=O)O)OCCO2.O=Cc1ccc(OCc2ccccc2)cc1.